The van der Waals surface area contributed by atoms with Crippen LogP contribution in [0.3, 0.4) is 0 Å². The monoisotopic (exact) mass is 372 g/mol. The van der Waals surface area contributed by atoms with Crippen molar-refractivity contribution in [3.05, 3.63) is 29.8 Å². The zero-order chi connectivity index (χ0) is 16.6. The number of carbonyl (C=O) groups excluding carboxylic acids is 1. The summed E-state index contributed by atoms with van der Waals surface area (Å²) in [5, 5.41) is 3.24. The number of fused-ring (bicyclic) bond motifs is 1. The number of rotatable bonds is 2. The molecule has 1 atom stereocenters. The molecule has 2 aliphatic heterocycles. The number of sulfonamides is 1. The van der Waals surface area contributed by atoms with Gasteiger partial charge >= 0.3 is 0 Å². The van der Waals surface area contributed by atoms with Gasteiger partial charge in [-0.3, -0.25) is 4.79 Å². The Labute approximate surface area is 148 Å². The molecule has 0 radical (unpaired) electrons. The summed E-state index contributed by atoms with van der Waals surface area (Å²) in [6, 6.07) is 6.82. The molecule has 0 spiro atoms. The van der Waals surface area contributed by atoms with Crippen molar-refractivity contribution in [2.24, 2.45) is 4.40 Å². The number of likely N-dealkylation sites (N-methyl/N-ethyl adjacent to an activating group) is 1. The second kappa shape index (κ2) is 7.08. The van der Waals surface area contributed by atoms with E-state index in [0.29, 0.717) is 17.9 Å². The van der Waals surface area contributed by atoms with E-state index in [1.54, 1.807) is 30.1 Å². The summed E-state index contributed by atoms with van der Waals surface area (Å²) in [6.45, 7) is 4.31. The van der Waals surface area contributed by atoms with Crippen LogP contribution < -0.4 is 5.32 Å². The first-order valence-electron chi connectivity index (χ1n) is 7.56. The van der Waals surface area contributed by atoms with Gasteiger partial charge in [0.25, 0.3) is 10.0 Å². The molecule has 0 bridgehead atoms. The summed E-state index contributed by atoms with van der Waals surface area (Å²) in [7, 11) is -1.96. The lowest BCUT2D eigenvalue weighted by Crippen LogP contribution is -2.54. The van der Waals surface area contributed by atoms with E-state index in [4.69, 9.17) is 0 Å². The van der Waals surface area contributed by atoms with Crippen molar-refractivity contribution in [3.63, 3.8) is 0 Å². The molecular formula is C15H21ClN4O3S. The maximum Gasteiger partial charge on any atom is 0.285 e. The van der Waals surface area contributed by atoms with Crippen molar-refractivity contribution in [3.8, 4) is 0 Å². The number of amidine groups is 1. The number of nitrogens with one attached hydrogen (secondary N) is 1. The van der Waals surface area contributed by atoms with Gasteiger partial charge in [0.15, 0.2) is 5.84 Å². The number of halogens is 1. The molecule has 1 fully saturated rings. The third-order valence-electron chi connectivity index (χ3n) is 4.17. The van der Waals surface area contributed by atoms with Crippen LogP contribution in [0.5, 0.6) is 0 Å². The van der Waals surface area contributed by atoms with Gasteiger partial charge in [0.2, 0.25) is 5.91 Å². The van der Waals surface area contributed by atoms with E-state index in [1.165, 1.54) is 6.07 Å². The number of hydrogen-bond acceptors (Lipinski definition) is 5. The zero-order valence-electron chi connectivity index (χ0n) is 13.6. The Morgan fingerprint density at radius 1 is 1.42 bits per heavy atom. The fourth-order valence-electron chi connectivity index (χ4n) is 2.94. The number of carbonyl (C=O) groups is 1. The molecule has 1 N–H and O–H groups in total. The first kappa shape index (κ1) is 18.7. The summed E-state index contributed by atoms with van der Waals surface area (Å²) in [4.78, 5) is 16.1. The molecule has 1 aromatic carbocycles. The maximum atomic E-state index is 12.5. The topological polar surface area (TPSA) is 82.1 Å². The normalized spacial score (nSPS) is 21.5. The Balaban J connectivity index is 0.00000208. The highest BCUT2D eigenvalue weighted by atomic mass is 35.5. The Kier molecular flexibility index (Phi) is 5.52. The van der Waals surface area contributed by atoms with Gasteiger partial charge in [-0.15, -0.1) is 16.8 Å². The van der Waals surface area contributed by atoms with E-state index in [-0.39, 0.29) is 35.8 Å². The molecule has 9 heteroatoms. The van der Waals surface area contributed by atoms with Crippen molar-refractivity contribution < 1.29 is 13.2 Å². The van der Waals surface area contributed by atoms with Gasteiger partial charge in [0.05, 0.1) is 6.54 Å². The van der Waals surface area contributed by atoms with Gasteiger partial charge in [-0.25, -0.2) is 0 Å². The van der Waals surface area contributed by atoms with Crippen LogP contribution in [-0.4, -0.2) is 69.2 Å². The van der Waals surface area contributed by atoms with Gasteiger partial charge in [0, 0.05) is 38.3 Å². The number of amides is 1. The highest BCUT2D eigenvalue weighted by Gasteiger charge is 2.32. The van der Waals surface area contributed by atoms with Gasteiger partial charge in [-0.1, -0.05) is 12.1 Å². The van der Waals surface area contributed by atoms with Gasteiger partial charge in [0.1, 0.15) is 4.90 Å². The summed E-state index contributed by atoms with van der Waals surface area (Å²) < 4.78 is 28.0. The molecule has 0 unspecified atom stereocenters. The lowest BCUT2D eigenvalue weighted by Gasteiger charge is -2.35. The second-order valence-corrected chi connectivity index (χ2v) is 7.45. The van der Waals surface area contributed by atoms with Crippen LogP contribution in [0.25, 0.3) is 0 Å². The Morgan fingerprint density at radius 2 is 2.12 bits per heavy atom. The van der Waals surface area contributed by atoms with E-state index >= 15 is 0 Å². The van der Waals surface area contributed by atoms with Crippen LogP contribution in [0.2, 0.25) is 0 Å². The minimum atomic E-state index is -3.66. The number of piperazine rings is 1. The Morgan fingerprint density at radius 3 is 2.83 bits per heavy atom. The first-order chi connectivity index (χ1) is 10.9. The van der Waals surface area contributed by atoms with Crippen LogP contribution in [0.1, 0.15) is 12.5 Å². The molecule has 0 aromatic heterocycles. The standard InChI is InChI=1S/C15H20N4O3S.ClH/c1-11-9-16-7-8-19(11)14(20)10-18(2)15-12-5-3-4-6-13(12)23(21,22)17-15;/h3-6,11,16H,7-10H2,1-2H3;1H/t11-;/m0./s1. The average molecular weight is 373 g/mol. The molecule has 3 rings (SSSR count). The molecule has 0 saturated carbocycles. The highest BCUT2D eigenvalue weighted by molar-refractivity contribution is 7.90. The lowest BCUT2D eigenvalue weighted by molar-refractivity contribution is -0.134. The third-order valence-corrected chi connectivity index (χ3v) is 5.49. The minimum absolute atomic E-state index is 0. The van der Waals surface area contributed by atoms with E-state index < -0.39 is 10.0 Å². The quantitative estimate of drug-likeness (QED) is 0.808. The minimum Gasteiger partial charge on any atom is -0.349 e. The first-order valence-corrected chi connectivity index (χ1v) is 9.00. The maximum absolute atomic E-state index is 12.5. The predicted octanol–water partition coefficient (Wildman–Crippen LogP) is 0.309. The number of benzene rings is 1. The molecule has 2 aliphatic rings. The molecule has 1 amide bonds. The summed E-state index contributed by atoms with van der Waals surface area (Å²) in [5.41, 5.74) is 0.552. The van der Waals surface area contributed by atoms with Gasteiger partial charge < -0.3 is 15.1 Å². The van der Waals surface area contributed by atoms with Crippen molar-refractivity contribution in [2.45, 2.75) is 17.9 Å². The van der Waals surface area contributed by atoms with Gasteiger partial charge in [-0.2, -0.15) is 8.42 Å². The highest BCUT2D eigenvalue weighted by Crippen LogP contribution is 2.26. The van der Waals surface area contributed by atoms with Crippen molar-refractivity contribution in [2.75, 3.05) is 33.2 Å². The molecule has 0 aliphatic carbocycles. The average Bonchev–Trinajstić information content (AvgIpc) is 2.80. The largest absolute Gasteiger partial charge is 0.349 e. The molecule has 1 saturated heterocycles. The lowest BCUT2D eigenvalue weighted by atomic mass is 10.2. The van der Waals surface area contributed by atoms with Crippen LogP contribution in [-0.2, 0) is 14.8 Å². The van der Waals surface area contributed by atoms with Crippen LogP contribution in [0, 0.1) is 0 Å². The summed E-state index contributed by atoms with van der Waals surface area (Å²) in [6.07, 6.45) is 0. The van der Waals surface area contributed by atoms with Crippen LogP contribution in [0.4, 0.5) is 0 Å². The molecule has 1 aromatic rings. The van der Waals surface area contributed by atoms with Crippen LogP contribution in [0.15, 0.2) is 33.6 Å². The molecule has 24 heavy (non-hydrogen) atoms. The number of nitrogens with zero attached hydrogens (tertiary/aromatic N) is 3. The van der Waals surface area contributed by atoms with Crippen molar-refractivity contribution in [1.29, 1.82) is 0 Å². The molecule has 2 heterocycles. The fourth-order valence-corrected chi connectivity index (χ4v) is 4.20. The van der Waals surface area contributed by atoms with E-state index in [2.05, 4.69) is 9.71 Å². The van der Waals surface area contributed by atoms with E-state index in [0.717, 1.165) is 13.1 Å². The molecular weight excluding hydrogens is 352 g/mol. The zero-order valence-corrected chi connectivity index (χ0v) is 15.2. The Bertz CT molecular complexity index is 766. The predicted molar refractivity (Wildman–Crippen MR) is 94.1 cm³/mol. The molecule has 7 nitrogen and oxygen atoms in total. The third kappa shape index (κ3) is 3.40. The smallest absolute Gasteiger partial charge is 0.285 e. The Hall–Kier alpha value is -1.64. The van der Waals surface area contributed by atoms with Crippen molar-refractivity contribution >= 4 is 34.2 Å². The summed E-state index contributed by atoms with van der Waals surface area (Å²) >= 11 is 0. The van der Waals surface area contributed by atoms with E-state index in [1.807, 2.05) is 11.8 Å². The summed E-state index contributed by atoms with van der Waals surface area (Å²) in [5.74, 6) is 0.308. The number of hydrogen-bond donors (Lipinski definition) is 1. The second-order valence-electron chi connectivity index (χ2n) is 5.88. The van der Waals surface area contributed by atoms with Crippen LogP contribution >= 0.6 is 12.4 Å². The molecule has 132 valence electrons. The van der Waals surface area contributed by atoms with Gasteiger partial charge in [-0.05, 0) is 19.1 Å². The van der Waals surface area contributed by atoms with E-state index in [9.17, 15) is 13.2 Å². The SMILES string of the molecule is C[C@H]1CNCCN1C(=O)CN(C)C1=NS(=O)(=O)c2ccccc21.Cl. The fraction of sp³-hybridized carbons (Fsp3) is 0.467. The van der Waals surface area contributed by atoms with Crippen molar-refractivity contribution in [1.82, 2.24) is 15.1 Å².